The number of nitrogens with zero attached hydrogens (tertiary/aromatic N) is 3. The summed E-state index contributed by atoms with van der Waals surface area (Å²) in [5, 5.41) is 7.47. The number of aldehydes is 1. The number of rotatable bonds is 8. The fourth-order valence-corrected chi connectivity index (χ4v) is 3.83. The average molecular weight is 518 g/mol. The summed E-state index contributed by atoms with van der Waals surface area (Å²) in [7, 11) is 1.95. The molecule has 1 saturated carbocycles. The lowest BCUT2D eigenvalue weighted by atomic mass is 9.92. The van der Waals surface area contributed by atoms with Crippen molar-refractivity contribution < 1.29 is 18.8 Å². The number of nitrogens with two attached hydrogens (primary N) is 1. The van der Waals surface area contributed by atoms with E-state index in [1.54, 1.807) is 30.3 Å². The molecule has 2 amide bonds. The predicted molar refractivity (Wildman–Crippen MR) is 139 cm³/mol. The first kappa shape index (κ1) is 28.9. The maximum atomic E-state index is 13.6. The molecule has 0 saturated heterocycles. The Kier molecular flexibility index (Phi) is 11.5. The predicted octanol–water partition coefficient (Wildman–Crippen LogP) is 3.94. The zero-order valence-corrected chi connectivity index (χ0v) is 21.6. The standard InChI is InChI=1S/C14H18ClFN2O.C10H9N3O2.C2H6/c1-18(11-5-3-6-11)9-13(19)17-8-10-4-2-7-12(15)14(10)16;11-10(15)9-7-3-1-2-4-8(7)13(12-9)5-6-14;1-2/h2,4,7,11H,3,5-6,8-9H2,1H3,(H,17,19);1-4,6H,5H2,(H2,11,15);1-2H3. The summed E-state index contributed by atoms with van der Waals surface area (Å²) in [6.07, 6.45) is 4.29. The molecule has 0 aliphatic heterocycles. The Morgan fingerprint density at radius 1 is 1.22 bits per heavy atom. The van der Waals surface area contributed by atoms with Gasteiger partial charge in [0.15, 0.2) is 5.69 Å². The van der Waals surface area contributed by atoms with E-state index in [2.05, 4.69) is 10.4 Å². The zero-order chi connectivity index (χ0) is 26.7. The minimum atomic E-state index is -0.587. The van der Waals surface area contributed by atoms with E-state index in [0.29, 0.717) is 23.5 Å². The van der Waals surface area contributed by atoms with Crippen LogP contribution in [-0.4, -0.2) is 52.4 Å². The van der Waals surface area contributed by atoms with Crippen molar-refractivity contribution in [2.45, 2.75) is 52.2 Å². The minimum absolute atomic E-state index is 0.0818. The summed E-state index contributed by atoms with van der Waals surface area (Å²) in [5.41, 5.74) is 6.53. The van der Waals surface area contributed by atoms with Crippen LogP contribution in [0.5, 0.6) is 0 Å². The SMILES string of the molecule is CC.CN(CC(=O)NCc1cccc(Cl)c1F)C1CCC1.NC(=O)c1nn(CC=O)c2ccccc12. The Bertz CT molecular complexity index is 1180. The van der Waals surface area contributed by atoms with Crippen LogP contribution in [-0.2, 0) is 22.7 Å². The van der Waals surface area contributed by atoms with E-state index in [-0.39, 0.29) is 29.7 Å². The maximum Gasteiger partial charge on any atom is 0.269 e. The van der Waals surface area contributed by atoms with Crippen molar-refractivity contribution in [3.63, 3.8) is 0 Å². The molecule has 0 unspecified atom stereocenters. The molecule has 1 fully saturated rings. The summed E-state index contributed by atoms with van der Waals surface area (Å²) in [5.74, 6) is -1.14. The van der Waals surface area contributed by atoms with Gasteiger partial charge in [-0.3, -0.25) is 19.2 Å². The van der Waals surface area contributed by atoms with Crippen LogP contribution in [0.3, 0.4) is 0 Å². The van der Waals surface area contributed by atoms with Gasteiger partial charge in [0.05, 0.1) is 23.6 Å². The van der Waals surface area contributed by atoms with Crippen molar-refractivity contribution in [3.05, 3.63) is 64.6 Å². The first-order valence-electron chi connectivity index (χ1n) is 11.9. The quantitative estimate of drug-likeness (QED) is 0.440. The molecule has 0 spiro atoms. The molecule has 1 aliphatic carbocycles. The zero-order valence-electron chi connectivity index (χ0n) is 20.8. The molecular weight excluding hydrogens is 485 g/mol. The lowest BCUT2D eigenvalue weighted by Crippen LogP contribution is -2.43. The molecule has 4 rings (SSSR count). The molecular formula is C26H33ClFN5O3. The lowest BCUT2D eigenvalue weighted by Gasteiger charge is -2.34. The van der Waals surface area contributed by atoms with Crippen LogP contribution in [0.2, 0.25) is 5.02 Å². The van der Waals surface area contributed by atoms with Crippen molar-refractivity contribution in [1.82, 2.24) is 20.0 Å². The molecule has 194 valence electrons. The monoisotopic (exact) mass is 517 g/mol. The Morgan fingerprint density at radius 2 is 1.92 bits per heavy atom. The van der Waals surface area contributed by atoms with Gasteiger partial charge in [0, 0.05) is 23.5 Å². The molecule has 36 heavy (non-hydrogen) atoms. The van der Waals surface area contributed by atoms with Crippen LogP contribution in [0.4, 0.5) is 4.39 Å². The van der Waals surface area contributed by atoms with Gasteiger partial charge in [-0.25, -0.2) is 4.39 Å². The number of primary amides is 1. The van der Waals surface area contributed by atoms with Crippen molar-refractivity contribution in [2.24, 2.45) is 5.73 Å². The van der Waals surface area contributed by atoms with Gasteiger partial charge in [-0.05, 0) is 32.0 Å². The van der Waals surface area contributed by atoms with Crippen molar-refractivity contribution in [3.8, 4) is 0 Å². The fourth-order valence-electron chi connectivity index (χ4n) is 3.64. The third kappa shape index (κ3) is 7.60. The minimum Gasteiger partial charge on any atom is -0.364 e. The number of hydrogen-bond acceptors (Lipinski definition) is 5. The van der Waals surface area contributed by atoms with Gasteiger partial charge in [-0.15, -0.1) is 0 Å². The molecule has 1 aliphatic rings. The molecule has 3 N–H and O–H groups in total. The number of hydrogen-bond donors (Lipinski definition) is 2. The summed E-state index contributed by atoms with van der Waals surface area (Å²) >= 11 is 5.69. The maximum absolute atomic E-state index is 13.6. The summed E-state index contributed by atoms with van der Waals surface area (Å²) in [6, 6.07) is 12.5. The number of fused-ring (bicyclic) bond motifs is 1. The molecule has 2 aromatic carbocycles. The molecule has 1 aromatic heterocycles. The highest BCUT2D eigenvalue weighted by molar-refractivity contribution is 6.30. The van der Waals surface area contributed by atoms with E-state index in [1.807, 2.05) is 31.9 Å². The van der Waals surface area contributed by atoms with Gasteiger partial charge in [-0.2, -0.15) is 5.10 Å². The Labute approximate surface area is 215 Å². The van der Waals surface area contributed by atoms with E-state index in [0.717, 1.165) is 24.6 Å². The van der Waals surface area contributed by atoms with Gasteiger partial charge in [0.1, 0.15) is 12.1 Å². The lowest BCUT2D eigenvalue weighted by molar-refractivity contribution is -0.123. The second kappa shape index (κ2) is 14.3. The van der Waals surface area contributed by atoms with Crippen LogP contribution in [0.1, 0.15) is 49.2 Å². The second-order valence-corrected chi connectivity index (χ2v) is 8.48. The molecule has 3 aromatic rings. The number of para-hydroxylation sites is 1. The number of nitrogens with one attached hydrogen (secondary N) is 1. The third-order valence-corrected chi connectivity index (χ3v) is 6.03. The highest BCUT2D eigenvalue weighted by atomic mass is 35.5. The smallest absolute Gasteiger partial charge is 0.269 e. The summed E-state index contributed by atoms with van der Waals surface area (Å²) in [6.45, 7) is 4.64. The summed E-state index contributed by atoms with van der Waals surface area (Å²) < 4.78 is 15.1. The van der Waals surface area contributed by atoms with Crippen LogP contribution < -0.4 is 11.1 Å². The van der Waals surface area contributed by atoms with Gasteiger partial charge in [-0.1, -0.05) is 62.2 Å². The van der Waals surface area contributed by atoms with Gasteiger partial charge in [0.25, 0.3) is 5.91 Å². The normalized spacial score (nSPS) is 12.6. The molecule has 8 nitrogen and oxygen atoms in total. The van der Waals surface area contributed by atoms with Crippen molar-refractivity contribution in [2.75, 3.05) is 13.6 Å². The van der Waals surface area contributed by atoms with E-state index in [9.17, 15) is 18.8 Å². The van der Waals surface area contributed by atoms with Gasteiger partial charge < -0.3 is 15.8 Å². The summed E-state index contributed by atoms with van der Waals surface area (Å²) in [4.78, 5) is 35.3. The Balaban J connectivity index is 0.000000243. The number of likely N-dealkylation sites (N-methyl/N-ethyl adjacent to an activating group) is 1. The molecule has 0 atom stereocenters. The molecule has 0 radical (unpaired) electrons. The highest BCUT2D eigenvalue weighted by Gasteiger charge is 2.23. The van der Waals surface area contributed by atoms with Crippen LogP contribution >= 0.6 is 11.6 Å². The van der Waals surface area contributed by atoms with E-state index < -0.39 is 11.7 Å². The Hall–Kier alpha value is -3.30. The van der Waals surface area contributed by atoms with Gasteiger partial charge >= 0.3 is 0 Å². The van der Waals surface area contributed by atoms with Crippen molar-refractivity contribution >= 4 is 40.6 Å². The number of halogens is 2. The largest absolute Gasteiger partial charge is 0.364 e. The van der Waals surface area contributed by atoms with Crippen LogP contribution in [0.25, 0.3) is 10.9 Å². The average Bonchev–Trinajstić information content (AvgIpc) is 3.20. The van der Waals surface area contributed by atoms with Crippen LogP contribution in [0, 0.1) is 5.82 Å². The number of benzene rings is 2. The van der Waals surface area contributed by atoms with E-state index in [1.165, 1.54) is 17.2 Å². The Morgan fingerprint density at radius 3 is 2.53 bits per heavy atom. The first-order chi connectivity index (χ1) is 17.3. The van der Waals surface area contributed by atoms with Crippen LogP contribution in [0.15, 0.2) is 42.5 Å². The number of amides is 2. The third-order valence-electron chi connectivity index (χ3n) is 5.74. The highest BCUT2D eigenvalue weighted by Crippen LogP contribution is 2.23. The number of aromatic nitrogens is 2. The van der Waals surface area contributed by atoms with E-state index >= 15 is 0 Å². The topological polar surface area (TPSA) is 110 Å². The fraction of sp³-hybridized carbons (Fsp3) is 0.385. The molecule has 10 heteroatoms. The van der Waals surface area contributed by atoms with E-state index in [4.69, 9.17) is 17.3 Å². The van der Waals surface area contributed by atoms with Crippen molar-refractivity contribution in [1.29, 1.82) is 0 Å². The molecule has 1 heterocycles. The second-order valence-electron chi connectivity index (χ2n) is 8.07. The first-order valence-corrected chi connectivity index (χ1v) is 12.3. The number of carbonyl (C=O) groups excluding carboxylic acids is 3. The molecule has 0 bridgehead atoms. The van der Waals surface area contributed by atoms with Gasteiger partial charge in [0.2, 0.25) is 5.91 Å². The number of carbonyl (C=O) groups is 3.